The summed E-state index contributed by atoms with van der Waals surface area (Å²) < 4.78 is 7.78. The molecule has 22 heavy (non-hydrogen) atoms. The van der Waals surface area contributed by atoms with Crippen molar-refractivity contribution >= 4 is 5.91 Å². The molecule has 3 rings (SSSR count). The number of para-hydroxylation sites is 1. The summed E-state index contributed by atoms with van der Waals surface area (Å²) in [5.74, 6) is 1.99. The van der Waals surface area contributed by atoms with Gasteiger partial charge in [-0.05, 0) is 25.5 Å². The zero-order valence-electron chi connectivity index (χ0n) is 12.9. The molecule has 0 saturated carbocycles. The normalized spacial score (nSPS) is 14.6. The molecule has 0 spiro atoms. The summed E-state index contributed by atoms with van der Waals surface area (Å²) in [6.45, 7) is 4.96. The second-order valence-electron chi connectivity index (χ2n) is 5.36. The third-order valence-corrected chi connectivity index (χ3v) is 3.93. The zero-order valence-corrected chi connectivity index (χ0v) is 12.9. The Hall–Kier alpha value is -2.30. The molecule has 0 atom stereocenters. The highest BCUT2D eigenvalue weighted by atomic mass is 16.5. The highest BCUT2D eigenvalue weighted by Crippen LogP contribution is 2.28. The molecule has 116 valence electrons. The van der Waals surface area contributed by atoms with Gasteiger partial charge in [-0.1, -0.05) is 12.1 Å². The smallest absolute Gasteiger partial charge is 0.222 e. The highest BCUT2D eigenvalue weighted by Gasteiger charge is 2.20. The van der Waals surface area contributed by atoms with Gasteiger partial charge in [0.05, 0.1) is 12.2 Å². The first kappa shape index (κ1) is 14.6. The Balaban J connectivity index is 1.78. The van der Waals surface area contributed by atoms with Gasteiger partial charge >= 0.3 is 0 Å². The number of hydrogen-bond acceptors (Lipinski definition) is 3. The summed E-state index contributed by atoms with van der Waals surface area (Å²) in [7, 11) is 0. The molecule has 5 nitrogen and oxygen atoms in total. The molecule has 1 aliphatic heterocycles. The number of likely N-dealkylation sites (tertiary alicyclic amines) is 1. The second-order valence-corrected chi connectivity index (χ2v) is 5.36. The van der Waals surface area contributed by atoms with Crippen molar-refractivity contribution in [1.82, 2.24) is 14.5 Å². The Morgan fingerprint density at radius 3 is 2.91 bits per heavy atom. The van der Waals surface area contributed by atoms with Crippen LogP contribution in [-0.4, -0.2) is 40.1 Å². The zero-order chi connectivity index (χ0) is 15.4. The minimum absolute atomic E-state index is 0.261. The first-order valence-electron chi connectivity index (χ1n) is 7.80. The van der Waals surface area contributed by atoms with Gasteiger partial charge in [-0.3, -0.25) is 4.79 Å². The van der Waals surface area contributed by atoms with Crippen LogP contribution in [0.1, 0.15) is 19.8 Å². The van der Waals surface area contributed by atoms with E-state index in [1.165, 1.54) is 0 Å². The average molecular weight is 299 g/mol. The fourth-order valence-corrected chi connectivity index (χ4v) is 2.84. The number of imidazole rings is 1. The minimum Gasteiger partial charge on any atom is -0.493 e. The van der Waals surface area contributed by atoms with Crippen LogP contribution in [-0.2, 0) is 11.3 Å². The largest absolute Gasteiger partial charge is 0.493 e. The van der Waals surface area contributed by atoms with E-state index >= 15 is 0 Å². The van der Waals surface area contributed by atoms with Crippen LogP contribution in [0.15, 0.2) is 36.7 Å². The fraction of sp³-hybridized carbons (Fsp3) is 0.412. The maximum atomic E-state index is 11.7. The Morgan fingerprint density at radius 2 is 2.14 bits per heavy atom. The van der Waals surface area contributed by atoms with E-state index < -0.39 is 0 Å². The van der Waals surface area contributed by atoms with E-state index in [1.54, 1.807) is 6.20 Å². The predicted octanol–water partition coefficient (Wildman–Crippen LogP) is 2.57. The number of ether oxygens (including phenoxy) is 1. The number of benzene rings is 1. The van der Waals surface area contributed by atoms with E-state index in [0.717, 1.165) is 43.2 Å². The van der Waals surface area contributed by atoms with Crippen molar-refractivity contribution in [3.8, 4) is 17.1 Å². The monoisotopic (exact) mass is 299 g/mol. The molecule has 1 saturated heterocycles. The van der Waals surface area contributed by atoms with Gasteiger partial charge in [0.1, 0.15) is 11.6 Å². The van der Waals surface area contributed by atoms with Gasteiger partial charge in [0.15, 0.2) is 0 Å². The van der Waals surface area contributed by atoms with Crippen LogP contribution >= 0.6 is 0 Å². The van der Waals surface area contributed by atoms with Gasteiger partial charge in [0.25, 0.3) is 0 Å². The Morgan fingerprint density at radius 1 is 1.27 bits per heavy atom. The van der Waals surface area contributed by atoms with Crippen LogP contribution in [0.25, 0.3) is 11.4 Å². The van der Waals surface area contributed by atoms with E-state index in [-0.39, 0.29) is 5.91 Å². The lowest BCUT2D eigenvalue weighted by Crippen LogP contribution is -2.28. The summed E-state index contributed by atoms with van der Waals surface area (Å²) in [5, 5.41) is 0. The van der Waals surface area contributed by atoms with Crippen molar-refractivity contribution < 1.29 is 9.53 Å². The van der Waals surface area contributed by atoms with E-state index in [2.05, 4.69) is 9.55 Å². The SMILES string of the molecule is CCOc1ccccc1-c1nccn1CCN1CCCC1=O. The maximum absolute atomic E-state index is 11.7. The van der Waals surface area contributed by atoms with Crippen molar-refractivity contribution in [2.75, 3.05) is 19.7 Å². The third kappa shape index (κ3) is 2.98. The summed E-state index contributed by atoms with van der Waals surface area (Å²) in [5.41, 5.74) is 0.988. The topological polar surface area (TPSA) is 47.4 Å². The first-order chi connectivity index (χ1) is 10.8. The molecule has 0 unspecified atom stereocenters. The van der Waals surface area contributed by atoms with Gasteiger partial charge in [-0.25, -0.2) is 4.98 Å². The van der Waals surface area contributed by atoms with Crippen LogP contribution < -0.4 is 4.74 Å². The van der Waals surface area contributed by atoms with Crippen LogP contribution in [0, 0.1) is 0 Å². The van der Waals surface area contributed by atoms with Gasteiger partial charge in [-0.15, -0.1) is 0 Å². The first-order valence-corrected chi connectivity index (χ1v) is 7.80. The fourth-order valence-electron chi connectivity index (χ4n) is 2.84. The van der Waals surface area contributed by atoms with Crippen molar-refractivity contribution in [2.24, 2.45) is 0 Å². The molecule has 2 heterocycles. The molecule has 1 fully saturated rings. The molecule has 0 N–H and O–H groups in total. The van der Waals surface area contributed by atoms with E-state index in [9.17, 15) is 4.79 Å². The molecular weight excluding hydrogens is 278 g/mol. The van der Waals surface area contributed by atoms with Gasteiger partial charge in [0, 0.05) is 38.4 Å². The number of carbonyl (C=O) groups excluding carboxylic acids is 1. The molecule has 2 aromatic rings. The Kier molecular flexibility index (Phi) is 4.42. The lowest BCUT2D eigenvalue weighted by Gasteiger charge is -2.17. The number of rotatable bonds is 6. The number of nitrogens with zero attached hydrogens (tertiary/aromatic N) is 3. The number of aromatic nitrogens is 2. The number of hydrogen-bond donors (Lipinski definition) is 0. The summed E-state index contributed by atoms with van der Waals surface area (Å²) in [6.07, 6.45) is 5.41. The summed E-state index contributed by atoms with van der Waals surface area (Å²) in [6, 6.07) is 7.93. The van der Waals surface area contributed by atoms with Crippen LogP contribution in [0.2, 0.25) is 0 Å². The van der Waals surface area contributed by atoms with Crippen molar-refractivity contribution in [1.29, 1.82) is 0 Å². The lowest BCUT2D eigenvalue weighted by molar-refractivity contribution is -0.127. The quantitative estimate of drug-likeness (QED) is 0.823. The standard InChI is InChI=1S/C17H21N3O2/c1-2-22-15-7-4-3-6-14(15)17-18-9-11-20(17)13-12-19-10-5-8-16(19)21/h3-4,6-7,9,11H,2,5,8,10,12-13H2,1H3. The minimum atomic E-state index is 0.261. The molecule has 1 aliphatic rings. The molecule has 1 aromatic carbocycles. The number of amides is 1. The van der Waals surface area contributed by atoms with Crippen LogP contribution in [0.5, 0.6) is 5.75 Å². The third-order valence-electron chi connectivity index (χ3n) is 3.93. The molecule has 1 aromatic heterocycles. The molecular formula is C17H21N3O2. The van der Waals surface area contributed by atoms with Crippen LogP contribution in [0.3, 0.4) is 0 Å². The molecule has 0 bridgehead atoms. The highest BCUT2D eigenvalue weighted by molar-refractivity contribution is 5.78. The molecule has 0 radical (unpaired) electrons. The van der Waals surface area contributed by atoms with Gasteiger partial charge in [0.2, 0.25) is 5.91 Å². The predicted molar refractivity (Wildman–Crippen MR) is 84.6 cm³/mol. The van der Waals surface area contributed by atoms with Crippen molar-refractivity contribution in [3.63, 3.8) is 0 Å². The lowest BCUT2D eigenvalue weighted by atomic mass is 10.2. The van der Waals surface area contributed by atoms with E-state index in [4.69, 9.17) is 4.74 Å². The van der Waals surface area contributed by atoms with Crippen molar-refractivity contribution in [3.05, 3.63) is 36.7 Å². The Bertz CT molecular complexity index is 651. The molecule has 5 heteroatoms. The van der Waals surface area contributed by atoms with Crippen molar-refractivity contribution in [2.45, 2.75) is 26.3 Å². The second kappa shape index (κ2) is 6.64. The van der Waals surface area contributed by atoms with E-state index in [1.807, 2.05) is 42.3 Å². The van der Waals surface area contributed by atoms with Gasteiger partial charge in [-0.2, -0.15) is 0 Å². The molecule has 1 amide bonds. The Labute approximate surface area is 130 Å². The maximum Gasteiger partial charge on any atom is 0.222 e. The van der Waals surface area contributed by atoms with Gasteiger partial charge < -0.3 is 14.2 Å². The molecule has 0 aliphatic carbocycles. The summed E-state index contributed by atoms with van der Waals surface area (Å²) >= 11 is 0. The number of carbonyl (C=O) groups is 1. The summed E-state index contributed by atoms with van der Waals surface area (Å²) in [4.78, 5) is 18.1. The van der Waals surface area contributed by atoms with E-state index in [0.29, 0.717) is 13.0 Å². The average Bonchev–Trinajstić information content (AvgIpc) is 3.15. The van der Waals surface area contributed by atoms with Crippen LogP contribution in [0.4, 0.5) is 0 Å².